The monoisotopic (exact) mass is 395 g/mol. The lowest BCUT2D eigenvalue weighted by molar-refractivity contribution is -0.139. The highest BCUT2D eigenvalue weighted by Crippen LogP contribution is 2.39. The van der Waals surface area contributed by atoms with Crippen molar-refractivity contribution in [2.45, 2.75) is 12.5 Å². The summed E-state index contributed by atoms with van der Waals surface area (Å²) in [5, 5.41) is 10.9. The lowest BCUT2D eigenvalue weighted by atomic mass is 9.96. The van der Waals surface area contributed by atoms with Gasteiger partial charge in [-0.05, 0) is 63.0 Å². The van der Waals surface area contributed by atoms with Crippen LogP contribution in [0.15, 0.2) is 54.4 Å². The molecule has 1 aliphatic heterocycles. The average molecular weight is 395 g/mol. The van der Waals surface area contributed by atoms with Gasteiger partial charge >= 0.3 is 0 Å². The van der Waals surface area contributed by atoms with Crippen molar-refractivity contribution in [3.63, 3.8) is 0 Å². The van der Waals surface area contributed by atoms with E-state index in [2.05, 4.69) is 4.98 Å². The Balaban J connectivity index is 2.05. The molecule has 1 aromatic heterocycles. The van der Waals surface area contributed by atoms with Gasteiger partial charge in [0.2, 0.25) is 0 Å². The van der Waals surface area contributed by atoms with Crippen molar-refractivity contribution in [3.05, 3.63) is 65.5 Å². The van der Waals surface area contributed by atoms with Crippen LogP contribution in [-0.2, 0) is 9.59 Å². The van der Waals surface area contributed by atoms with Crippen LogP contribution in [0.5, 0.6) is 5.75 Å². The summed E-state index contributed by atoms with van der Waals surface area (Å²) in [5.74, 6) is -0.853. The summed E-state index contributed by atoms with van der Waals surface area (Å²) >= 11 is 0. The molecule has 152 valence electrons. The molecule has 1 saturated heterocycles. The normalized spacial score (nSPS) is 18.5. The van der Waals surface area contributed by atoms with Crippen LogP contribution in [-0.4, -0.2) is 65.9 Å². The van der Waals surface area contributed by atoms with E-state index in [1.807, 2.05) is 25.1 Å². The molecular formula is C22H25N3O4. The average Bonchev–Trinajstić information content (AvgIpc) is 2.98. The number of amides is 1. The number of rotatable bonds is 7. The van der Waals surface area contributed by atoms with Crippen molar-refractivity contribution in [3.8, 4) is 5.75 Å². The summed E-state index contributed by atoms with van der Waals surface area (Å²) in [6.45, 7) is 1.18. The summed E-state index contributed by atoms with van der Waals surface area (Å²) in [6.07, 6.45) is 3.96. The number of Topliss-reactive ketones (excluding diaryl/α,β-unsaturated/α-hetero) is 1. The maximum absolute atomic E-state index is 12.9. The molecule has 2 heterocycles. The van der Waals surface area contributed by atoms with Crippen LogP contribution in [0, 0.1) is 0 Å². The van der Waals surface area contributed by atoms with Crippen molar-refractivity contribution in [2.75, 3.05) is 34.3 Å². The number of hydrogen-bond acceptors (Lipinski definition) is 6. The molecular weight excluding hydrogens is 370 g/mol. The number of benzene rings is 1. The Hall–Kier alpha value is -3.19. The van der Waals surface area contributed by atoms with E-state index in [0.717, 1.165) is 6.54 Å². The maximum atomic E-state index is 12.9. The zero-order chi connectivity index (χ0) is 21.0. The molecule has 1 N–H and O–H groups in total. The van der Waals surface area contributed by atoms with E-state index in [1.54, 1.807) is 49.8 Å². The number of methoxy groups -OCH3 is 1. The molecule has 1 aromatic carbocycles. The fraction of sp³-hybridized carbons (Fsp3) is 0.318. The third-order valence-electron chi connectivity index (χ3n) is 4.91. The molecule has 0 saturated carbocycles. The molecule has 1 amide bonds. The summed E-state index contributed by atoms with van der Waals surface area (Å²) in [5.41, 5.74) is 1.22. The van der Waals surface area contributed by atoms with E-state index >= 15 is 0 Å². The first-order chi connectivity index (χ1) is 13.9. The van der Waals surface area contributed by atoms with Gasteiger partial charge in [-0.25, -0.2) is 0 Å². The Morgan fingerprint density at radius 3 is 2.52 bits per heavy atom. The highest BCUT2D eigenvalue weighted by Gasteiger charge is 2.45. The van der Waals surface area contributed by atoms with E-state index in [0.29, 0.717) is 29.8 Å². The minimum atomic E-state index is -0.683. The van der Waals surface area contributed by atoms with E-state index in [1.165, 1.54) is 4.90 Å². The van der Waals surface area contributed by atoms with Gasteiger partial charge in [0, 0.05) is 24.5 Å². The van der Waals surface area contributed by atoms with Gasteiger partial charge in [0.15, 0.2) is 0 Å². The second-order valence-corrected chi connectivity index (χ2v) is 7.16. The van der Waals surface area contributed by atoms with Gasteiger partial charge in [-0.15, -0.1) is 0 Å². The van der Waals surface area contributed by atoms with E-state index in [-0.39, 0.29) is 11.3 Å². The molecule has 1 unspecified atom stereocenters. The standard InChI is InChI=1S/C22H25N3O4/c1-24(2)12-5-13-25-19(16-6-4-11-23-14-16)18(21(27)22(25)28)20(26)15-7-9-17(29-3)10-8-15/h4,6-11,14,19,26H,5,12-13H2,1-3H3/b20-18+. The zero-order valence-corrected chi connectivity index (χ0v) is 16.8. The molecule has 1 atom stereocenters. The van der Waals surface area contributed by atoms with E-state index < -0.39 is 17.7 Å². The lowest BCUT2D eigenvalue weighted by Gasteiger charge is -2.25. The lowest BCUT2D eigenvalue weighted by Crippen LogP contribution is -2.32. The number of carbonyl (C=O) groups is 2. The summed E-state index contributed by atoms with van der Waals surface area (Å²) in [6, 6.07) is 9.60. The second-order valence-electron chi connectivity index (χ2n) is 7.16. The van der Waals surface area contributed by atoms with Gasteiger partial charge in [0.1, 0.15) is 11.5 Å². The number of ether oxygens (including phenoxy) is 1. The number of aromatic nitrogens is 1. The molecule has 7 heteroatoms. The minimum absolute atomic E-state index is 0.0815. The predicted octanol–water partition coefficient (Wildman–Crippen LogP) is 2.46. The molecule has 0 bridgehead atoms. The first-order valence-electron chi connectivity index (χ1n) is 9.41. The fourth-order valence-corrected chi connectivity index (χ4v) is 3.46. The summed E-state index contributed by atoms with van der Waals surface area (Å²) < 4.78 is 5.14. The van der Waals surface area contributed by atoms with Crippen LogP contribution in [0.1, 0.15) is 23.6 Å². The largest absolute Gasteiger partial charge is 0.507 e. The number of pyridine rings is 1. The molecule has 1 fully saturated rings. The molecule has 3 rings (SSSR count). The molecule has 29 heavy (non-hydrogen) atoms. The molecule has 0 aliphatic carbocycles. The molecule has 7 nitrogen and oxygen atoms in total. The number of nitrogens with zero attached hydrogens (tertiary/aromatic N) is 3. The van der Waals surface area contributed by atoms with E-state index in [4.69, 9.17) is 4.74 Å². The Morgan fingerprint density at radius 2 is 1.93 bits per heavy atom. The van der Waals surface area contributed by atoms with Crippen molar-refractivity contribution in [1.29, 1.82) is 0 Å². The number of hydrogen-bond donors (Lipinski definition) is 1. The zero-order valence-electron chi connectivity index (χ0n) is 16.8. The SMILES string of the molecule is COc1ccc(/C(O)=C2\C(=O)C(=O)N(CCCN(C)C)C2c2cccnc2)cc1. The number of likely N-dealkylation sites (tertiary alicyclic amines) is 1. The number of aliphatic hydroxyl groups excluding tert-OH is 1. The fourth-order valence-electron chi connectivity index (χ4n) is 3.46. The number of carbonyl (C=O) groups excluding carboxylic acids is 2. The van der Waals surface area contributed by atoms with Gasteiger partial charge in [0.05, 0.1) is 18.7 Å². The van der Waals surface area contributed by atoms with Gasteiger partial charge in [-0.1, -0.05) is 6.07 Å². The smallest absolute Gasteiger partial charge is 0.295 e. The van der Waals surface area contributed by atoms with Crippen LogP contribution in [0.4, 0.5) is 0 Å². The third-order valence-corrected chi connectivity index (χ3v) is 4.91. The molecule has 0 radical (unpaired) electrons. The minimum Gasteiger partial charge on any atom is -0.507 e. The Kier molecular flexibility index (Phi) is 6.29. The van der Waals surface area contributed by atoms with Crippen molar-refractivity contribution < 1.29 is 19.4 Å². The first-order valence-corrected chi connectivity index (χ1v) is 9.41. The Bertz CT molecular complexity index is 907. The van der Waals surface area contributed by atoms with Crippen LogP contribution >= 0.6 is 0 Å². The van der Waals surface area contributed by atoms with Gasteiger partial charge < -0.3 is 19.6 Å². The summed E-state index contributed by atoms with van der Waals surface area (Å²) in [4.78, 5) is 33.3. The predicted molar refractivity (Wildman–Crippen MR) is 109 cm³/mol. The van der Waals surface area contributed by atoms with Crippen LogP contribution in [0.2, 0.25) is 0 Å². The van der Waals surface area contributed by atoms with Crippen molar-refractivity contribution in [2.24, 2.45) is 0 Å². The van der Waals surface area contributed by atoms with Gasteiger partial charge in [0.25, 0.3) is 11.7 Å². The van der Waals surface area contributed by atoms with Crippen LogP contribution in [0.25, 0.3) is 5.76 Å². The van der Waals surface area contributed by atoms with Crippen LogP contribution < -0.4 is 4.74 Å². The first kappa shape index (κ1) is 20.5. The number of ketones is 1. The molecule has 0 spiro atoms. The highest BCUT2D eigenvalue weighted by molar-refractivity contribution is 6.46. The van der Waals surface area contributed by atoms with Crippen molar-refractivity contribution >= 4 is 17.4 Å². The Morgan fingerprint density at radius 1 is 1.21 bits per heavy atom. The summed E-state index contributed by atoms with van der Waals surface area (Å²) in [7, 11) is 5.46. The quantitative estimate of drug-likeness (QED) is 0.441. The highest BCUT2D eigenvalue weighted by atomic mass is 16.5. The maximum Gasteiger partial charge on any atom is 0.295 e. The van der Waals surface area contributed by atoms with Crippen molar-refractivity contribution in [1.82, 2.24) is 14.8 Å². The van der Waals surface area contributed by atoms with Crippen LogP contribution in [0.3, 0.4) is 0 Å². The number of aliphatic hydroxyl groups is 1. The second kappa shape index (κ2) is 8.87. The third kappa shape index (κ3) is 4.30. The van der Waals surface area contributed by atoms with E-state index in [9.17, 15) is 14.7 Å². The topological polar surface area (TPSA) is 83.0 Å². The molecule has 2 aromatic rings. The van der Waals surface area contributed by atoms with Gasteiger partial charge in [-0.2, -0.15) is 0 Å². The molecule has 1 aliphatic rings. The Labute approximate surface area is 170 Å². The van der Waals surface area contributed by atoms with Gasteiger partial charge in [-0.3, -0.25) is 14.6 Å².